The molecule has 0 unspecified atom stereocenters. The summed E-state index contributed by atoms with van der Waals surface area (Å²) in [6.45, 7) is 2.04. The molecule has 0 aromatic heterocycles. The summed E-state index contributed by atoms with van der Waals surface area (Å²) in [6, 6.07) is 0. The zero-order valence-corrected chi connectivity index (χ0v) is 5.18. The molecule has 1 heteroatoms. The van der Waals surface area contributed by atoms with Gasteiger partial charge in [-0.05, 0) is 12.8 Å². The Morgan fingerprint density at radius 1 is 1.50 bits per heavy atom. The molecular formula is C7H12O. The van der Waals surface area contributed by atoms with Gasteiger partial charge in [0, 0.05) is 6.42 Å². The van der Waals surface area contributed by atoms with Crippen LogP contribution in [0.2, 0.25) is 0 Å². The lowest BCUT2D eigenvalue weighted by atomic mass is 10.3. The van der Waals surface area contributed by atoms with Crippen LogP contribution in [0.25, 0.3) is 0 Å². The Hall–Kier alpha value is -0.590. The van der Waals surface area contributed by atoms with E-state index in [-0.39, 0.29) is 0 Å². The molecule has 1 nitrogen and oxygen atoms in total. The fraction of sp³-hybridized carbons (Fsp3) is 0.571. The molecule has 0 N–H and O–H groups in total. The molecule has 0 saturated heterocycles. The number of aldehydes is 1. The van der Waals surface area contributed by atoms with Crippen molar-refractivity contribution in [3.8, 4) is 0 Å². The van der Waals surface area contributed by atoms with Crippen LogP contribution in [0.3, 0.4) is 0 Å². The standard InChI is InChI=1S/C7H12O/c1-2-3-4-5-6-7-8/h3-4,7H,2,5-6H2,1H3/i7D. The third-order valence-corrected chi connectivity index (χ3v) is 0.815. The second kappa shape index (κ2) is 6.41. The number of hydrogen-bond acceptors (Lipinski definition) is 1. The third kappa shape index (κ3) is 5.41. The van der Waals surface area contributed by atoms with Gasteiger partial charge in [-0.25, -0.2) is 0 Å². The zero-order chi connectivity index (χ0) is 7.11. The average molecular weight is 113 g/mol. The van der Waals surface area contributed by atoms with E-state index in [1.54, 1.807) is 0 Å². The molecule has 46 valence electrons. The first-order valence-electron chi connectivity index (χ1n) is 3.41. The highest BCUT2D eigenvalue weighted by Crippen LogP contribution is 1.87. The van der Waals surface area contributed by atoms with Crippen molar-refractivity contribution < 1.29 is 6.17 Å². The molecular weight excluding hydrogens is 100 g/mol. The number of allylic oxidation sites excluding steroid dienone is 2. The smallest absolute Gasteiger partial charge is 0.120 e. The molecule has 0 aromatic rings. The van der Waals surface area contributed by atoms with E-state index in [4.69, 9.17) is 1.37 Å². The Morgan fingerprint density at radius 2 is 2.25 bits per heavy atom. The molecule has 0 atom stereocenters. The van der Waals surface area contributed by atoms with Gasteiger partial charge >= 0.3 is 0 Å². The maximum Gasteiger partial charge on any atom is 0.120 e. The van der Waals surface area contributed by atoms with Crippen molar-refractivity contribution in [3.63, 3.8) is 0 Å². The van der Waals surface area contributed by atoms with E-state index in [1.807, 2.05) is 19.1 Å². The van der Waals surface area contributed by atoms with Crippen LogP contribution in [0.5, 0.6) is 0 Å². The van der Waals surface area contributed by atoms with Crippen LogP contribution in [-0.4, -0.2) is 6.26 Å². The molecule has 0 rings (SSSR count). The summed E-state index contributed by atoms with van der Waals surface area (Å²) >= 11 is 0. The van der Waals surface area contributed by atoms with E-state index in [9.17, 15) is 4.79 Å². The summed E-state index contributed by atoms with van der Waals surface area (Å²) in [5, 5.41) is 0. The van der Waals surface area contributed by atoms with Crippen molar-refractivity contribution in [2.75, 3.05) is 0 Å². The summed E-state index contributed by atoms with van der Waals surface area (Å²) in [6.07, 6.45) is 5.55. The Labute approximate surface area is 51.8 Å². The molecule has 0 amide bonds. The van der Waals surface area contributed by atoms with Crippen molar-refractivity contribution in [3.05, 3.63) is 12.2 Å². The number of carbonyl (C=O) groups excluding carboxylic acids is 1. The lowest BCUT2D eigenvalue weighted by molar-refractivity contribution is -0.107. The highest BCUT2D eigenvalue weighted by Gasteiger charge is 1.74. The minimum atomic E-state index is -0.476. The number of rotatable bonds is 4. The van der Waals surface area contributed by atoms with Gasteiger partial charge in [-0.2, -0.15) is 0 Å². The van der Waals surface area contributed by atoms with E-state index in [2.05, 4.69) is 0 Å². The van der Waals surface area contributed by atoms with Gasteiger partial charge in [0.05, 0.1) is 0 Å². The Bertz CT molecular complexity index is 107. The van der Waals surface area contributed by atoms with Crippen LogP contribution < -0.4 is 0 Å². The number of hydrogen-bond donors (Lipinski definition) is 0. The van der Waals surface area contributed by atoms with Gasteiger partial charge < -0.3 is 4.79 Å². The van der Waals surface area contributed by atoms with E-state index in [0.29, 0.717) is 6.42 Å². The van der Waals surface area contributed by atoms with Crippen molar-refractivity contribution in [1.29, 1.82) is 0 Å². The van der Waals surface area contributed by atoms with Crippen molar-refractivity contribution in [2.45, 2.75) is 26.2 Å². The van der Waals surface area contributed by atoms with E-state index in [0.717, 1.165) is 12.8 Å². The lowest BCUT2D eigenvalue weighted by Gasteiger charge is -1.79. The van der Waals surface area contributed by atoms with Crippen LogP contribution in [0.4, 0.5) is 0 Å². The zero-order valence-electron chi connectivity index (χ0n) is 6.18. The Morgan fingerprint density at radius 3 is 2.75 bits per heavy atom. The molecule has 8 heavy (non-hydrogen) atoms. The summed E-state index contributed by atoms with van der Waals surface area (Å²) in [4.78, 5) is 10.0. The minimum absolute atomic E-state index is 0.358. The van der Waals surface area contributed by atoms with Crippen LogP contribution in [-0.2, 0) is 4.79 Å². The molecule has 0 aliphatic heterocycles. The van der Waals surface area contributed by atoms with Crippen LogP contribution >= 0.6 is 0 Å². The van der Waals surface area contributed by atoms with E-state index < -0.39 is 6.26 Å². The molecule has 0 aromatic carbocycles. The predicted molar refractivity (Wildman–Crippen MR) is 34.7 cm³/mol. The molecule has 0 aliphatic rings. The summed E-state index contributed by atoms with van der Waals surface area (Å²) in [7, 11) is 0. The van der Waals surface area contributed by atoms with Gasteiger partial charge in [0.25, 0.3) is 0 Å². The van der Waals surface area contributed by atoms with Crippen LogP contribution in [0.15, 0.2) is 12.2 Å². The largest absolute Gasteiger partial charge is 0.303 e. The Balaban J connectivity index is 3.09. The monoisotopic (exact) mass is 113 g/mol. The molecule has 0 spiro atoms. The van der Waals surface area contributed by atoms with Crippen molar-refractivity contribution in [1.82, 2.24) is 0 Å². The quantitative estimate of drug-likeness (QED) is 0.402. The van der Waals surface area contributed by atoms with Gasteiger partial charge in [0.2, 0.25) is 0 Å². The third-order valence-electron chi connectivity index (χ3n) is 0.815. The highest BCUT2D eigenvalue weighted by atomic mass is 16.1. The maximum atomic E-state index is 10.0. The van der Waals surface area contributed by atoms with Gasteiger partial charge in [-0.15, -0.1) is 0 Å². The maximum absolute atomic E-state index is 10.0. The first-order valence-corrected chi connectivity index (χ1v) is 2.91. The molecule has 0 bridgehead atoms. The minimum Gasteiger partial charge on any atom is -0.303 e. The number of carbonyl (C=O) groups is 1. The summed E-state index contributed by atoms with van der Waals surface area (Å²) < 4.78 is 6.54. The summed E-state index contributed by atoms with van der Waals surface area (Å²) in [5.41, 5.74) is 0. The fourth-order valence-electron chi connectivity index (χ4n) is 0.427. The molecule has 0 fully saturated rings. The normalized spacial score (nSPS) is 11.9. The predicted octanol–water partition coefficient (Wildman–Crippen LogP) is 1.93. The highest BCUT2D eigenvalue weighted by molar-refractivity contribution is 5.49. The lowest BCUT2D eigenvalue weighted by Crippen LogP contribution is -1.69. The first-order chi connectivity index (χ1) is 4.27. The second-order valence-corrected chi connectivity index (χ2v) is 1.56. The first kappa shape index (κ1) is 5.54. The molecule has 0 radical (unpaired) electrons. The van der Waals surface area contributed by atoms with Gasteiger partial charge in [-0.1, -0.05) is 19.1 Å². The van der Waals surface area contributed by atoms with Gasteiger partial charge in [0.15, 0.2) is 0 Å². The molecule has 0 aliphatic carbocycles. The SMILES string of the molecule is [2H]C(=O)CCC=CCC. The van der Waals surface area contributed by atoms with Crippen molar-refractivity contribution >= 4 is 6.26 Å². The van der Waals surface area contributed by atoms with E-state index >= 15 is 0 Å². The Kier molecular flexibility index (Phi) is 4.44. The van der Waals surface area contributed by atoms with E-state index in [1.165, 1.54) is 0 Å². The topological polar surface area (TPSA) is 17.1 Å². The molecule has 0 saturated carbocycles. The average Bonchev–Trinajstić information content (AvgIpc) is 1.80. The fourth-order valence-corrected chi connectivity index (χ4v) is 0.427. The van der Waals surface area contributed by atoms with Crippen LogP contribution in [0.1, 0.15) is 27.6 Å². The summed E-state index contributed by atoms with van der Waals surface area (Å²) in [5.74, 6) is 0. The van der Waals surface area contributed by atoms with Crippen LogP contribution in [0, 0.1) is 0 Å². The van der Waals surface area contributed by atoms with Gasteiger partial charge in [0.1, 0.15) is 7.63 Å². The van der Waals surface area contributed by atoms with Crippen molar-refractivity contribution in [2.24, 2.45) is 0 Å². The second-order valence-electron chi connectivity index (χ2n) is 1.56. The van der Waals surface area contributed by atoms with Gasteiger partial charge in [-0.3, -0.25) is 0 Å². The molecule has 0 heterocycles.